The predicted octanol–water partition coefficient (Wildman–Crippen LogP) is 3.86. The lowest BCUT2D eigenvalue weighted by atomic mass is 10.2. The zero-order valence-corrected chi connectivity index (χ0v) is 12.6. The smallest absolute Gasteiger partial charge is 0.270 e. The molecule has 1 N–H and O–H groups in total. The fraction of sp³-hybridized carbons (Fsp3) is 0. The Morgan fingerprint density at radius 3 is 2.83 bits per heavy atom. The number of nitrogens with one attached hydrogen (secondary N) is 1. The first-order chi connectivity index (χ1) is 11.1. The molecule has 0 atom stereocenters. The van der Waals surface area contributed by atoms with Crippen LogP contribution in [0.3, 0.4) is 0 Å². The number of nitrogens with zero attached hydrogens (tertiary/aromatic N) is 2. The largest absolute Gasteiger partial charge is 0.298 e. The summed E-state index contributed by atoms with van der Waals surface area (Å²) in [7, 11) is 0. The minimum absolute atomic E-state index is 0.0151. The SMILES string of the molecule is O=C(/C=C\c1cccc([N+](=O)[O-])c1)Nc1nc2ccccc2s1. The molecule has 3 rings (SSSR count). The maximum absolute atomic E-state index is 11.9. The Kier molecular flexibility index (Phi) is 4.11. The van der Waals surface area contributed by atoms with Crippen molar-refractivity contribution in [1.29, 1.82) is 0 Å². The van der Waals surface area contributed by atoms with Gasteiger partial charge in [-0.1, -0.05) is 35.6 Å². The number of hydrogen-bond acceptors (Lipinski definition) is 5. The Morgan fingerprint density at radius 2 is 2.04 bits per heavy atom. The van der Waals surface area contributed by atoms with Crippen LogP contribution in [0.4, 0.5) is 10.8 Å². The number of thiazole rings is 1. The molecule has 0 saturated heterocycles. The van der Waals surface area contributed by atoms with E-state index in [-0.39, 0.29) is 11.6 Å². The molecular formula is C16H11N3O3S. The minimum Gasteiger partial charge on any atom is -0.298 e. The Morgan fingerprint density at radius 1 is 1.22 bits per heavy atom. The summed E-state index contributed by atoms with van der Waals surface area (Å²) >= 11 is 1.39. The van der Waals surface area contributed by atoms with Gasteiger partial charge in [0.25, 0.3) is 5.69 Å². The van der Waals surface area contributed by atoms with Gasteiger partial charge >= 0.3 is 0 Å². The monoisotopic (exact) mass is 325 g/mol. The van der Waals surface area contributed by atoms with Crippen LogP contribution in [-0.2, 0) is 4.79 Å². The number of para-hydroxylation sites is 1. The van der Waals surface area contributed by atoms with Crippen molar-refractivity contribution in [2.45, 2.75) is 0 Å². The van der Waals surface area contributed by atoms with E-state index in [0.717, 1.165) is 10.2 Å². The Labute approximate surface area is 135 Å². The number of nitro groups is 1. The number of hydrogen-bond donors (Lipinski definition) is 1. The summed E-state index contributed by atoms with van der Waals surface area (Å²) in [6.45, 7) is 0. The number of benzene rings is 2. The number of carbonyl (C=O) groups excluding carboxylic acids is 1. The molecule has 0 aliphatic heterocycles. The van der Waals surface area contributed by atoms with Gasteiger partial charge in [0.05, 0.1) is 15.1 Å². The van der Waals surface area contributed by atoms with Crippen LogP contribution in [-0.4, -0.2) is 15.8 Å². The van der Waals surface area contributed by atoms with E-state index in [1.165, 1.54) is 35.6 Å². The van der Waals surface area contributed by atoms with Gasteiger partial charge in [-0.15, -0.1) is 0 Å². The van der Waals surface area contributed by atoms with Crippen molar-refractivity contribution in [3.05, 3.63) is 70.3 Å². The summed E-state index contributed by atoms with van der Waals surface area (Å²) in [5.41, 5.74) is 1.40. The summed E-state index contributed by atoms with van der Waals surface area (Å²) < 4.78 is 0.991. The third-order valence-corrected chi connectivity index (χ3v) is 3.98. The van der Waals surface area contributed by atoms with Crippen molar-refractivity contribution in [3.8, 4) is 0 Å². The highest BCUT2D eigenvalue weighted by Gasteiger charge is 2.06. The molecule has 0 bridgehead atoms. The van der Waals surface area contributed by atoms with Gasteiger partial charge in [0, 0.05) is 18.2 Å². The second-order valence-electron chi connectivity index (χ2n) is 4.66. The van der Waals surface area contributed by atoms with E-state index in [1.54, 1.807) is 12.1 Å². The van der Waals surface area contributed by atoms with Crippen molar-refractivity contribution < 1.29 is 9.72 Å². The summed E-state index contributed by atoms with van der Waals surface area (Å²) in [6.07, 6.45) is 2.85. The quantitative estimate of drug-likeness (QED) is 0.448. The molecule has 3 aromatic rings. The van der Waals surface area contributed by atoms with E-state index in [0.29, 0.717) is 10.7 Å². The highest BCUT2D eigenvalue weighted by Crippen LogP contribution is 2.25. The normalized spacial score (nSPS) is 11.0. The second kappa shape index (κ2) is 6.37. The maximum Gasteiger partial charge on any atom is 0.270 e. The van der Waals surface area contributed by atoms with Gasteiger partial charge in [-0.3, -0.25) is 20.2 Å². The Balaban J connectivity index is 1.71. The average molecular weight is 325 g/mol. The molecule has 0 aliphatic rings. The number of fused-ring (bicyclic) bond motifs is 1. The fourth-order valence-electron chi connectivity index (χ4n) is 1.99. The van der Waals surface area contributed by atoms with Crippen LogP contribution in [0.15, 0.2) is 54.6 Å². The molecule has 7 heteroatoms. The first kappa shape index (κ1) is 14.9. The molecule has 1 aromatic heterocycles. The first-order valence-electron chi connectivity index (χ1n) is 6.71. The van der Waals surface area contributed by atoms with Crippen LogP contribution in [0.25, 0.3) is 16.3 Å². The molecule has 0 fully saturated rings. The number of nitro benzene ring substituents is 1. The average Bonchev–Trinajstić information content (AvgIpc) is 2.95. The maximum atomic E-state index is 11.9. The molecule has 0 spiro atoms. The van der Waals surface area contributed by atoms with Crippen LogP contribution in [0.1, 0.15) is 5.56 Å². The molecule has 0 unspecified atom stereocenters. The molecule has 0 aliphatic carbocycles. The predicted molar refractivity (Wildman–Crippen MR) is 90.4 cm³/mol. The van der Waals surface area contributed by atoms with Crippen LogP contribution >= 0.6 is 11.3 Å². The molecule has 1 amide bonds. The number of carbonyl (C=O) groups is 1. The molecule has 2 aromatic carbocycles. The standard InChI is InChI=1S/C16H11N3O3S/c20-15(9-8-11-4-3-5-12(10-11)19(21)22)18-16-17-13-6-1-2-7-14(13)23-16/h1-10H,(H,17,18,20)/b9-8-. The highest BCUT2D eigenvalue weighted by molar-refractivity contribution is 7.22. The van der Waals surface area contributed by atoms with Crippen molar-refractivity contribution in [2.24, 2.45) is 0 Å². The fourth-order valence-corrected chi connectivity index (χ4v) is 2.86. The van der Waals surface area contributed by atoms with Gasteiger partial charge in [-0.05, 0) is 23.8 Å². The Hall–Kier alpha value is -3.06. The highest BCUT2D eigenvalue weighted by atomic mass is 32.1. The molecule has 1 heterocycles. The summed E-state index contributed by atoms with van der Waals surface area (Å²) in [5.74, 6) is -0.337. The zero-order chi connectivity index (χ0) is 16.2. The lowest BCUT2D eigenvalue weighted by molar-refractivity contribution is -0.384. The van der Waals surface area contributed by atoms with Crippen molar-refractivity contribution >= 4 is 44.4 Å². The summed E-state index contributed by atoms with van der Waals surface area (Å²) in [6, 6.07) is 13.7. The van der Waals surface area contributed by atoms with Crippen LogP contribution < -0.4 is 5.32 Å². The van der Waals surface area contributed by atoms with Gasteiger partial charge < -0.3 is 0 Å². The van der Waals surface area contributed by atoms with Gasteiger partial charge in [-0.25, -0.2) is 4.98 Å². The molecule has 0 saturated carbocycles. The Bertz CT molecular complexity index is 885. The molecule has 114 valence electrons. The van der Waals surface area contributed by atoms with E-state index >= 15 is 0 Å². The molecular weight excluding hydrogens is 314 g/mol. The number of anilines is 1. The first-order valence-corrected chi connectivity index (χ1v) is 7.52. The van der Waals surface area contributed by atoms with Gasteiger partial charge in [0.1, 0.15) is 0 Å². The van der Waals surface area contributed by atoms with E-state index < -0.39 is 4.92 Å². The number of amides is 1. The van der Waals surface area contributed by atoms with E-state index in [9.17, 15) is 14.9 Å². The third-order valence-electron chi connectivity index (χ3n) is 3.03. The topological polar surface area (TPSA) is 85.1 Å². The van der Waals surface area contributed by atoms with Gasteiger partial charge in [0.2, 0.25) is 5.91 Å². The van der Waals surface area contributed by atoms with Gasteiger partial charge in [-0.2, -0.15) is 0 Å². The summed E-state index contributed by atoms with van der Waals surface area (Å²) in [5, 5.41) is 13.9. The lowest BCUT2D eigenvalue weighted by Gasteiger charge is -1.96. The van der Waals surface area contributed by atoms with E-state index in [1.807, 2.05) is 24.3 Å². The minimum atomic E-state index is -0.474. The number of aromatic nitrogens is 1. The zero-order valence-electron chi connectivity index (χ0n) is 11.8. The van der Waals surface area contributed by atoms with Crippen LogP contribution in [0.2, 0.25) is 0 Å². The van der Waals surface area contributed by atoms with E-state index in [2.05, 4.69) is 10.3 Å². The third kappa shape index (κ3) is 3.58. The molecule has 0 radical (unpaired) electrons. The van der Waals surface area contributed by atoms with Crippen LogP contribution in [0, 0.1) is 10.1 Å². The van der Waals surface area contributed by atoms with Crippen molar-refractivity contribution in [3.63, 3.8) is 0 Å². The summed E-state index contributed by atoms with van der Waals surface area (Å²) in [4.78, 5) is 26.5. The molecule has 6 nitrogen and oxygen atoms in total. The van der Waals surface area contributed by atoms with Crippen molar-refractivity contribution in [1.82, 2.24) is 4.98 Å². The number of rotatable bonds is 4. The van der Waals surface area contributed by atoms with E-state index in [4.69, 9.17) is 0 Å². The van der Waals surface area contributed by atoms with Crippen molar-refractivity contribution in [2.75, 3.05) is 5.32 Å². The van der Waals surface area contributed by atoms with Gasteiger partial charge in [0.15, 0.2) is 5.13 Å². The lowest BCUT2D eigenvalue weighted by Crippen LogP contribution is -2.07. The second-order valence-corrected chi connectivity index (χ2v) is 5.69. The van der Waals surface area contributed by atoms with Crippen LogP contribution in [0.5, 0.6) is 0 Å². The molecule has 23 heavy (non-hydrogen) atoms. The number of non-ortho nitro benzene ring substituents is 1.